The van der Waals surface area contributed by atoms with E-state index in [9.17, 15) is 9.59 Å². The van der Waals surface area contributed by atoms with Crippen molar-refractivity contribution >= 4 is 17.5 Å². The molecule has 2 heterocycles. The molecule has 6 nitrogen and oxygen atoms in total. The Hall–Kier alpha value is -2.08. The summed E-state index contributed by atoms with van der Waals surface area (Å²) in [5, 5.41) is 3.71. The summed E-state index contributed by atoms with van der Waals surface area (Å²) in [6.45, 7) is 12.2. The number of nitrogens with one attached hydrogen (secondary N) is 1. The van der Waals surface area contributed by atoms with Gasteiger partial charge in [-0.1, -0.05) is 25.5 Å². The summed E-state index contributed by atoms with van der Waals surface area (Å²) in [5.74, 6) is 0.749. The molecule has 1 fully saturated rings. The Morgan fingerprint density at radius 3 is 2.53 bits per heavy atom. The average Bonchev–Trinajstić information content (AvgIpc) is 2.65. The van der Waals surface area contributed by atoms with Crippen molar-refractivity contribution in [2.24, 2.45) is 0 Å². The summed E-state index contributed by atoms with van der Waals surface area (Å²) in [6.07, 6.45) is 4.25. The van der Waals surface area contributed by atoms with Crippen LogP contribution in [0.3, 0.4) is 0 Å². The van der Waals surface area contributed by atoms with Gasteiger partial charge in [0.15, 0.2) is 6.61 Å². The van der Waals surface area contributed by atoms with Crippen molar-refractivity contribution in [3.8, 4) is 5.75 Å². The van der Waals surface area contributed by atoms with Crippen LogP contribution in [0.2, 0.25) is 0 Å². The van der Waals surface area contributed by atoms with Gasteiger partial charge in [0, 0.05) is 36.6 Å². The zero-order chi connectivity index (χ0) is 21.9. The number of amides is 2. The summed E-state index contributed by atoms with van der Waals surface area (Å²) in [4.78, 5) is 29.6. The number of para-hydroxylation sites is 2. The Labute approximate surface area is 180 Å². The lowest BCUT2D eigenvalue weighted by atomic mass is 9.79. The average molecular weight is 416 g/mol. The molecule has 2 aliphatic rings. The van der Waals surface area contributed by atoms with E-state index in [4.69, 9.17) is 4.74 Å². The van der Waals surface area contributed by atoms with E-state index in [2.05, 4.69) is 44.8 Å². The number of nitrogens with zero attached hydrogens (tertiary/aromatic N) is 2. The van der Waals surface area contributed by atoms with E-state index in [1.54, 1.807) is 4.90 Å². The molecular formula is C24H37N3O3. The van der Waals surface area contributed by atoms with E-state index in [0.29, 0.717) is 18.7 Å². The molecule has 1 N–H and O–H groups in total. The maximum atomic E-state index is 13.4. The van der Waals surface area contributed by atoms with Gasteiger partial charge >= 0.3 is 0 Å². The molecule has 0 unspecified atom stereocenters. The Kier molecular flexibility index (Phi) is 6.75. The summed E-state index contributed by atoms with van der Waals surface area (Å²) in [6, 6.07) is 7.74. The van der Waals surface area contributed by atoms with Crippen molar-refractivity contribution in [2.45, 2.75) is 83.8 Å². The van der Waals surface area contributed by atoms with Gasteiger partial charge in [0.05, 0.1) is 5.69 Å². The molecule has 1 saturated heterocycles. The van der Waals surface area contributed by atoms with E-state index < -0.39 is 0 Å². The molecule has 6 heteroatoms. The molecule has 0 bridgehead atoms. The first-order valence-electron chi connectivity index (χ1n) is 11.2. The van der Waals surface area contributed by atoms with E-state index >= 15 is 0 Å². The highest BCUT2D eigenvalue weighted by molar-refractivity contribution is 5.98. The molecule has 3 rings (SSSR count). The first-order chi connectivity index (χ1) is 14.1. The predicted molar refractivity (Wildman–Crippen MR) is 120 cm³/mol. The molecule has 0 saturated carbocycles. The fraction of sp³-hybridized carbons (Fsp3) is 0.667. The third-order valence-corrected chi connectivity index (χ3v) is 6.04. The molecule has 0 aliphatic carbocycles. The number of ether oxygens (including phenoxy) is 1. The van der Waals surface area contributed by atoms with Crippen LogP contribution in [-0.2, 0) is 9.59 Å². The van der Waals surface area contributed by atoms with E-state index in [0.717, 1.165) is 37.9 Å². The molecule has 2 aliphatic heterocycles. The molecule has 0 aromatic heterocycles. The minimum absolute atomic E-state index is 0.0176. The van der Waals surface area contributed by atoms with Crippen LogP contribution >= 0.6 is 0 Å². The number of hydrogen-bond acceptors (Lipinski definition) is 4. The van der Waals surface area contributed by atoms with Gasteiger partial charge in [0.25, 0.3) is 5.91 Å². The lowest BCUT2D eigenvalue weighted by Gasteiger charge is -2.49. The van der Waals surface area contributed by atoms with Gasteiger partial charge in [-0.2, -0.15) is 0 Å². The lowest BCUT2D eigenvalue weighted by molar-refractivity contribution is -0.135. The van der Waals surface area contributed by atoms with Crippen LogP contribution in [-0.4, -0.2) is 53.5 Å². The highest BCUT2D eigenvalue weighted by Gasteiger charge is 2.41. The van der Waals surface area contributed by atoms with Crippen LogP contribution in [0.4, 0.5) is 5.69 Å². The molecule has 30 heavy (non-hydrogen) atoms. The monoisotopic (exact) mass is 415 g/mol. The third-order valence-electron chi connectivity index (χ3n) is 6.04. The van der Waals surface area contributed by atoms with Crippen molar-refractivity contribution in [1.29, 1.82) is 0 Å². The maximum absolute atomic E-state index is 13.4. The molecular weight excluding hydrogens is 378 g/mol. The Morgan fingerprint density at radius 1 is 1.20 bits per heavy atom. The number of anilines is 1. The van der Waals surface area contributed by atoms with Crippen molar-refractivity contribution in [3.63, 3.8) is 0 Å². The van der Waals surface area contributed by atoms with E-state index in [1.807, 2.05) is 24.3 Å². The van der Waals surface area contributed by atoms with Gasteiger partial charge in [-0.05, 0) is 59.1 Å². The number of carbonyl (C=O) groups is 2. The van der Waals surface area contributed by atoms with Crippen LogP contribution < -0.4 is 15.0 Å². The maximum Gasteiger partial charge on any atom is 0.265 e. The summed E-state index contributed by atoms with van der Waals surface area (Å²) < 4.78 is 5.52. The Morgan fingerprint density at radius 2 is 1.87 bits per heavy atom. The lowest BCUT2D eigenvalue weighted by Crippen LogP contribution is -2.63. The van der Waals surface area contributed by atoms with Gasteiger partial charge in [0.2, 0.25) is 5.91 Å². The normalized spacial score (nSPS) is 20.4. The summed E-state index contributed by atoms with van der Waals surface area (Å²) in [7, 11) is 0. The molecule has 0 spiro atoms. The van der Waals surface area contributed by atoms with Gasteiger partial charge in [-0.15, -0.1) is 0 Å². The molecule has 0 radical (unpaired) electrons. The quantitative estimate of drug-likeness (QED) is 0.737. The van der Waals surface area contributed by atoms with Gasteiger partial charge in [0.1, 0.15) is 5.75 Å². The summed E-state index contributed by atoms with van der Waals surface area (Å²) in [5.41, 5.74) is 0.720. The zero-order valence-corrected chi connectivity index (χ0v) is 19.2. The van der Waals surface area contributed by atoms with Crippen molar-refractivity contribution in [3.05, 3.63) is 24.3 Å². The second kappa shape index (κ2) is 8.96. The van der Waals surface area contributed by atoms with Crippen molar-refractivity contribution < 1.29 is 14.3 Å². The van der Waals surface area contributed by atoms with Crippen LogP contribution in [0.25, 0.3) is 0 Å². The number of carbonyl (C=O) groups excluding carboxylic acids is 2. The number of unbranched alkanes of at least 4 members (excludes halogenated alkanes) is 1. The minimum atomic E-state index is -0.0919. The van der Waals surface area contributed by atoms with Gasteiger partial charge in [-0.3, -0.25) is 9.59 Å². The largest absolute Gasteiger partial charge is 0.482 e. The minimum Gasteiger partial charge on any atom is -0.482 e. The Bertz CT molecular complexity index is 759. The second-order valence-corrected chi connectivity index (χ2v) is 9.95. The van der Waals surface area contributed by atoms with Crippen LogP contribution in [0, 0.1) is 0 Å². The number of rotatable bonds is 7. The van der Waals surface area contributed by atoms with Crippen LogP contribution in [0.15, 0.2) is 24.3 Å². The molecule has 1 aromatic carbocycles. The smallest absolute Gasteiger partial charge is 0.265 e. The first-order valence-corrected chi connectivity index (χ1v) is 11.2. The zero-order valence-electron chi connectivity index (χ0n) is 19.2. The molecule has 1 aromatic rings. The number of benzene rings is 1. The van der Waals surface area contributed by atoms with E-state index in [-0.39, 0.29) is 35.5 Å². The van der Waals surface area contributed by atoms with Crippen LogP contribution in [0.1, 0.15) is 66.7 Å². The second-order valence-electron chi connectivity index (χ2n) is 9.95. The first kappa shape index (κ1) is 22.6. The molecule has 166 valence electrons. The topological polar surface area (TPSA) is 61.9 Å². The van der Waals surface area contributed by atoms with Gasteiger partial charge in [-0.25, -0.2) is 0 Å². The van der Waals surface area contributed by atoms with Gasteiger partial charge < -0.3 is 19.9 Å². The fourth-order valence-corrected chi connectivity index (χ4v) is 5.08. The highest BCUT2D eigenvalue weighted by Crippen LogP contribution is 2.33. The fourth-order valence-electron chi connectivity index (χ4n) is 5.08. The highest BCUT2D eigenvalue weighted by atomic mass is 16.5. The summed E-state index contributed by atoms with van der Waals surface area (Å²) >= 11 is 0. The Balaban J connectivity index is 1.72. The molecule has 2 amide bonds. The standard InChI is InChI=1S/C24H37N3O3/c1-6-7-13-26(18-15-23(2,3)25-24(4,5)16-18)21(28)12-14-27-19-10-8-9-11-20(19)30-17-22(27)29/h8-11,18,25H,6-7,12-17H2,1-5H3. The van der Waals surface area contributed by atoms with E-state index in [1.165, 1.54) is 0 Å². The predicted octanol–water partition coefficient (Wildman–Crippen LogP) is 3.74. The number of hydrogen-bond donors (Lipinski definition) is 1. The van der Waals surface area contributed by atoms with Crippen molar-refractivity contribution in [1.82, 2.24) is 10.2 Å². The van der Waals surface area contributed by atoms with Crippen molar-refractivity contribution in [2.75, 3.05) is 24.6 Å². The number of piperidine rings is 1. The van der Waals surface area contributed by atoms with Crippen LogP contribution in [0.5, 0.6) is 5.75 Å². The molecule has 0 atom stereocenters. The third kappa shape index (κ3) is 5.34. The SMILES string of the molecule is CCCCN(C(=O)CCN1C(=O)COc2ccccc21)C1CC(C)(C)NC(C)(C)C1. The number of fused-ring (bicyclic) bond motifs is 1.